The first-order chi connectivity index (χ1) is 14.1. The van der Waals surface area contributed by atoms with Crippen LogP contribution in [-0.2, 0) is 0 Å². The van der Waals surface area contributed by atoms with E-state index in [0.717, 1.165) is 43.2 Å². The molecule has 0 unspecified atom stereocenters. The zero-order valence-corrected chi connectivity index (χ0v) is 16.4. The molecular formula is C20H19N7OS. The Hall–Kier alpha value is -3.09. The van der Waals surface area contributed by atoms with E-state index in [2.05, 4.69) is 25.9 Å². The molecule has 0 bridgehead atoms. The summed E-state index contributed by atoms with van der Waals surface area (Å²) in [7, 11) is 0. The number of nitrogens with two attached hydrogens (primary N) is 1. The van der Waals surface area contributed by atoms with E-state index in [1.165, 1.54) is 11.3 Å². The molecule has 1 saturated heterocycles. The van der Waals surface area contributed by atoms with Gasteiger partial charge in [0.15, 0.2) is 0 Å². The summed E-state index contributed by atoms with van der Waals surface area (Å²) in [5.74, 6) is 0.754. The van der Waals surface area contributed by atoms with Crippen LogP contribution in [0.4, 0.5) is 11.5 Å². The minimum absolute atomic E-state index is 0.175. The van der Waals surface area contributed by atoms with Crippen LogP contribution in [0.2, 0.25) is 0 Å². The van der Waals surface area contributed by atoms with Gasteiger partial charge in [-0.25, -0.2) is 15.0 Å². The van der Waals surface area contributed by atoms with Crippen LogP contribution in [-0.4, -0.2) is 44.2 Å². The molecule has 0 aromatic carbocycles. The molecule has 5 rings (SSSR count). The summed E-state index contributed by atoms with van der Waals surface area (Å²) < 4.78 is 0. The van der Waals surface area contributed by atoms with Crippen molar-refractivity contribution in [1.82, 2.24) is 19.9 Å². The third kappa shape index (κ3) is 3.10. The van der Waals surface area contributed by atoms with Crippen molar-refractivity contribution in [2.75, 3.05) is 23.7 Å². The zero-order valence-electron chi connectivity index (χ0n) is 15.6. The molecule has 1 saturated carbocycles. The average Bonchev–Trinajstić information content (AvgIpc) is 3.38. The van der Waals surface area contributed by atoms with Crippen molar-refractivity contribution in [2.24, 2.45) is 5.41 Å². The van der Waals surface area contributed by atoms with Gasteiger partial charge in [0, 0.05) is 24.7 Å². The van der Waals surface area contributed by atoms with Crippen molar-refractivity contribution in [3.05, 3.63) is 35.6 Å². The van der Waals surface area contributed by atoms with Crippen molar-refractivity contribution in [3.8, 4) is 28.2 Å². The molecule has 4 heterocycles. The Morgan fingerprint density at radius 3 is 2.86 bits per heavy atom. The molecule has 3 aromatic rings. The molecule has 8 nitrogen and oxygen atoms in total. The number of hydrogen-bond acceptors (Lipinski definition) is 9. The Kier molecular flexibility index (Phi) is 4.19. The van der Waals surface area contributed by atoms with E-state index in [4.69, 9.17) is 10.7 Å². The third-order valence-electron chi connectivity index (χ3n) is 5.78. The largest absolute Gasteiger partial charge is 0.398 e. The van der Waals surface area contributed by atoms with Gasteiger partial charge >= 0.3 is 0 Å². The molecule has 0 atom stereocenters. The number of aliphatic hydroxyl groups is 1. The van der Waals surface area contributed by atoms with Gasteiger partial charge in [0.1, 0.15) is 39.5 Å². The Bertz CT molecular complexity index is 1100. The van der Waals surface area contributed by atoms with Crippen molar-refractivity contribution < 1.29 is 5.11 Å². The fraction of sp³-hybridized carbons (Fsp3) is 0.350. The lowest BCUT2D eigenvalue weighted by atomic mass is 9.66. The van der Waals surface area contributed by atoms with Gasteiger partial charge in [0.25, 0.3) is 0 Å². The molecule has 1 aliphatic heterocycles. The quantitative estimate of drug-likeness (QED) is 0.681. The maximum atomic E-state index is 9.71. The van der Waals surface area contributed by atoms with Gasteiger partial charge in [0.05, 0.1) is 24.2 Å². The lowest BCUT2D eigenvalue weighted by Crippen LogP contribution is -2.43. The molecule has 0 radical (unpaired) electrons. The van der Waals surface area contributed by atoms with Crippen LogP contribution in [0, 0.1) is 16.7 Å². The Balaban J connectivity index is 1.52. The topological polar surface area (TPSA) is 125 Å². The molecule has 146 valence electrons. The minimum Gasteiger partial charge on any atom is -0.398 e. The number of nitrogen functional groups attached to an aromatic ring is 1. The third-order valence-corrected chi connectivity index (χ3v) is 6.57. The maximum absolute atomic E-state index is 9.71. The number of nitrogens with zero attached hydrogens (tertiary/aromatic N) is 6. The van der Waals surface area contributed by atoms with Crippen LogP contribution in [0.15, 0.2) is 30.0 Å². The number of nitriles is 1. The number of anilines is 2. The summed E-state index contributed by atoms with van der Waals surface area (Å²) in [5, 5.41) is 21.9. The molecule has 9 heteroatoms. The highest BCUT2D eigenvalue weighted by molar-refractivity contribution is 7.13. The van der Waals surface area contributed by atoms with E-state index < -0.39 is 0 Å². The highest BCUT2D eigenvalue weighted by atomic mass is 32.1. The summed E-state index contributed by atoms with van der Waals surface area (Å²) in [4.78, 5) is 20.2. The highest BCUT2D eigenvalue weighted by Gasteiger charge is 2.48. The van der Waals surface area contributed by atoms with Crippen LogP contribution < -0.4 is 10.6 Å². The molecule has 3 aromatic heterocycles. The van der Waals surface area contributed by atoms with Crippen LogP contribution in [0.5, 0.6) is 0 Å². The van der Waals surface area contributed by atoms with Crippen LogP contribution in [0.1, 0.15) is 24.8 Å². The lowest BCUT2D eigenvalue weighted by Gasteiger charge is -2.42. The Labute approximate surface area is 171 Å². The van der Waals surface area contributed by atoms with Crippen LogP contribution >= 0.6 is 11.3 Å². The number of hydrogen-bond donors (Lipinski definition) is 2. The molecule has 2 aliphatic rings. The molecule has 1 aliphatic carbocycles. The molecule has 29 heavy (non-hydrogen) atoms. The monoisotopic (exact) mass is 405 g/mol. The number of pyridine rings is 1. The average molecular weight is 405 g/mol. The first-order valence-corrected chi connectivity index (χ1v) is 10.3. The van der Waals surface area contributed by atoms with E-state index in [0.29, 0.717) is 22.8 Å². The van der Waals surface area contributed by atoms with E-state index in [-0.39, 0.29) is 17.1 Å². The predicted molar refractivity (Wildman–Crippen MR) is 110 cm³/mol. The van der Waals surface area contributed by atoms with E-state index >= 15 is 0 Å². The smallest absolute Gasteiger partial charge is 0.147 e. The second-order valence-electron chi connectivity index (χ2n) is 7.77. The fourth-order valence-electron chi connectivity index (χ4n) is 4.35. The molecule has 1 spiro atoms. The molecule has 2 fully saturated rings. The number of aliphatic hydroxyl groups excluding tert-OH is 1. The van der Waals surface area contributed by atoms with Gasteiger partial charge in [-0.3, -0.25) is 4.98 Å². The first-order valence-electron chi connectivity index (χ1n) is 9.43. The van der Waals surface area contributed by atoms with Crippen molar-refractivity contribution in [3.63, 3.8) is 0 Å². The van der Waals surface area contributed by atoms with Crippen LogP contribution in [0.25, 0.3) is 22.1 Å². The minimum atomic E-state index is -0.175. The number of rotatable bonds is 3. The van der Waals surface area contributed by atoms with E-state index in [1.807, 2.05) is 5.38 Å². The molecule has 3 N–H and O–H groups in total. The van der Waals surface area contributed by atoms with E-state index in [1.54, 1.807) is 24.7 Å². The van der Waals surface area contributed by atoms with Crippen molar-refractivity contribution >= 4 is 22.8 Å². The van der Waals surface area contributed by atoms with Gasteiger partial charge in [-0.2, -0.15) is 5.26 Å². The SMILES string of the molecule is N#Cc1c(N)cc(-c2nccs2)nc1-c1cncc(N2CCC3(CC(O)C3)C2)n1. The number of thiazole rings is 1. The fourth-order valence-corrected chi connectivity index (χ4v) is 4.95. The van der Waals surface area contributed by atoms with Gasteiger partial charge in [-0.1, -0.05) is 0 Å². The molecular weight excluding hydrogens is 386 g/mol. The Morgan fingerprint density at radius 2 is 2.14 bits per heavy atom. The normalized spacial score (nSPS) is 23.2. The van der Waals surface area contributed by atoms with Gasteiger partial charge < -0.3 is 15.7 Å². The highest BCUT2D eigenvalue weighted by Crippen LogP contribution is 2.48. The van der Waals surface area contributed by atoms with E-state index in [9.17, 15) is 10.4 Å². The van der Waals surface area contributed by atoms with Crippen LogP contribution in [0.3, 0.4) is 0 Å². The number of aromatic nitrogens is 4. The van der Waals surface area contributed by atoms with Gasteiger partial charge in [0.2, 0.25) is 0 Å². The standard InChI is InChI=1S/C20H19N7OS/c21-8-13-14(22)5-15(19-24-2-4-29-19)26-18(13)16-9-23-10-17(25-16)27-3-1-20(11-27)6-12(28)7-20/h2,4-5,9-10,12,28H,1,3,6-7,11H2,(H2,22,26). The summed E-state index contributed by atoms with van der Waals surface area (Å²) in [5.41, 5.74) is 8.52. The second-order valence-corrected chi connectivity index (χ2v) is 8.66. The first kappa shape index (κ1) is 18.0. The van der Waals surface area contributed by atoms with Gasteiger partial charge in [-0.15, -0.1) is 11.3 Å². The maximum Gasteiger partial charge on any atom is 0.147 e. The Morgan fingerprint density at radius 1 is 1.28 bits per heavy atom. The van der Waals surface area contributed by atoms with Crippen molar-refractivity contribution in [1.29, 1.82) is 5.26 Å². The summed E-state index contributed by atoms with van der Waals surface area (Å²) in [6.07, 6.45) is 7.62. The second kappa shape index (κ2) is 6.76. The molecule has 0 amide bonds. The predicted octanol–water partition coefficient (Wildman–Crippen LogP) is 2.47. The summed E-state index contributed by atoms with van der Waals surface area (Å²) in [6, 6.07) is 3.82. The summed E-state index contributed by atoms with van der Waals surface area (Å²) in [6.45, 7) is 1.74. The summed E-state index contributed by atoms with van der Waals surface area (Å²) >= 11 is 1.46. The van der Waals surface area contributed by atoms with Gasteiger partial charge in [-0.05, 0) is 30.7 Å². The van der Waals surface area contributed by atoms with Crippen molar-refractivity contribution in [2.45, 2.75) is 25.4 Å². The lowest BCUT2D eigenvalue weighted by molar-refractivity contribution is -0.0179. The zero-order chi connectivity index (χ0) is 20.0.